The lowest BCUT2D eigenvalue weighted by atomic mass is 9.71. The van der Waals surface area contributed by atoms with E-state index in [1.807, 2.05) is 26.8 Å². The Labute approximate surface area is 86.0 Å². The van der Waals surface area contributed by atoms with E-state index in [1.165, 1.54) is 0 Å². The summed E-state index contributed by atoms with van der Waals surface area (Å²) in [5.41, 5.74) is 1.78. The first-order valence-corrected chi connectivity index (χ1v) is 4.72. The molecule has 0 amide bonds. The van der Waals surface area contributed by atoms with Crippen LogP contribution in [0, 0.1) is 0 Å². The Kier molecular flexibility index (Phi) is 6.49. The molecule has 1 aliphatic rings. The largest absolute Gasteiger partial charge is 0.463 e. The van der Waals surface area contributed by atoms with E-state index < -0.39 is 7.05 Å². The van der Waals surface area contributed by atoms with Gasteiger partial charge in [-0.2, -0.15) is 5.10 Å². The normalized spacial score (nSPS) is 15.0. The molecular formula is C10H17BN2O. The molecular weight excluding hydrogens is 175 g/mol. The summed E-state index contributed by atoms with van der Waals surface area (Å²) in [6, 6.07) is 0. The van der Waals surface area contributed by atoms with Crippen LogP contribution >= 0.6 is 0 Å². The van der Waals surface area contributed by atoms with Gasteiger partial charge in [0, 0.05) is 6.21 Å². The average Bonchev–Trinajstić information content (AvgIpc) is 2.20. The molecule has 0 atom stereocenters. The predicted molar refractivity (Wildman–Crippen MR) is 63.0 cm³/mol. The van der Waals surface area contributed by atoms with E-state index in [0.29, 0.717) is 0 Å². The topological polar surface area (TPSA) is 44.6 Å². The minimum absolute atomic E-state index is 0.703. The van der Waals surface area contributed by atoms with Gasteiger partial charge in [0.25, 0.3) is 0 Å². The molecule has 14 heavy (non-hydrogen) atoms. The van der Waals surface area contributed by atoms with Crippen molar-refractivity contribution < 1.29 is 5.02 Å². The summed E-state index contributed by atoms with van der Waals surface area (Å²) in [7, 11) is -0.703. The Morgan fingerprint density at radius 3 is 2.71 bits per heavy atom. The number of hydrazone groups is 1. The van der Waals surface area contributed by atoms with Crippen molar-refractivity contribution in [2.75, 3.05) is 0 Å². The van der Waals surface area contributed by atoms with Crippen molar-refractivity contribution in [3.05, 3.63) is 35.9 Å². The third-order valence-electron chi connectivity index (χ3n) is 1.62. The van der Waals surface area contributed by atoms with Crippen LogP contribution in [0.4, 0.5) is 0 Å². The van der Waals surface area contributed by atoms with E-state index in [4.69, 9.17) is 0 Å². The number of hydrogen-bond acceptors (Lipinski definition) is 3. The summed E-state index contributed by atoms with van der Waals surface area (Å²) >= 11 is 0. The van der Waals surface area contributed by atoms with Gasteiger partial charge < -0.3 is 10.4 Å². The van der Waals surface area contributed by atoms with Gasteiger partial charge in [0.2, 0.25) is 0 Å². The smallest absolute Gasteiger partial charge is 0.428 e. The molecule has 3 nitrogen and oxygen atoms in total. The van der Waals surface area contributed by atoms with Gasteiger partial charge in [0.1, 0.15) is 0 Å². The lowest BCUT2D eigenvalue weighted by Gasteiger charge is -2.12. The van der Waals surface area contributed by atoms with Crippen molar-refractivity contribution in [1.82, 2.24) is 5.34 Å². The van der Waals surface area contributed by atoms with Crippen LogP contribution in [-0.2, 0) is 0 Å². The molecule has 0 unspecified atom stereocenters. The molecule has 0 aromatic heterocycles. The zero-order valence-corrected chi connectivity index (χ0v) is 8.99. The summed E-state index contributed by atoms with van der Waals surface area (Å²) in [5.74, 6) is 0. The lowest BCUT2D eigenvalue weighted by Crippen LogP contribution is -2.35. The van der Waals surface area contributed by atoms with Gasteiger partial charge in [-0.05, 0) is 18.0 Å². The van der Waals surface area contributed by atoms with E-state index in [2.05, 4.69) is 17.0 Å². The predicted octanol–water partition coefficient (Wildman–Crippen LogP) is 1.68. The molecule has 0 bridgehead atoms. The van der Waals surface area contributed by atoms with Crippen LogP contribution in [0.3, 0.4) is 0 Å². The molecule has 1 aliphatic heterocycles. The molecule has 0 radical (unpaired) electrons. The lowest BCUT2D eigenvalue weighted by molar-refractivity contribution is 0.560. The van der Waals surface area contributed by atoms with Gasteiger partial charge in [-0.25, -0.2) is 0 Å². The van der Waals surface area contributed by atoms with E-state index >= 15 is 0 Å². The third kappa shape index (κ3) is 3.62. The Bertz CT molecular complexity index is 269. The van der Waals surface area contributed by atoms with Crippen molar-refractivity contribution in [3.63, 3.8) is 0 Å². The maximum absolute atomic E-state index is 9.40. The molecule has 0 saturated carbocycles. The second-order valence-corrected chi connectivity index (χ2v) is 2.52. The van der Waals surface area contributed by atoms with Gasteiger partial charge in [-0.1, -0.05) is 38.7 Å². The van der Waals surface area contributed by atoms with Crippen LogP contribution < -0.4 is 5.34 Å². The second-order valence-electron chi connectivity index (χ2n) is 2.52. The quantitative estimate of drug-likeness (QED) is 0.516. The highest BCUT2D eigenvalue weighted by Gasteiger charge is 2.19. The van der Waals surface area contributed by atoms with Gasteiger partial charge in [0.05, 0.1) is 0 Å². The van der Waals surface area contributed by atoms with E-state index in [0.717, 1.165) is 11.0 Å². The van der Waals surface area contributed by atoms with Gasteiger partial charge in [-0.15, -0.1) is 0 Å². The maximum Gasteiger partial charge on any atom is 0.463 e. The molecule has 0 saturated heterocycles. The minimum atomic E-state index is -0.703. The SMILES string of the molecule is C=C/C=C\C1=C(C)C=NNB1O.CC. The van der Waals surface area contributed by atoms with Crippen molar-refractivity contribution in [1.29, 1.82) is 0 Å². The molecule has 0 spiro atoms. The molecule has 1 rings (SSSR count). The highest BCUT2D eigenvalue weighted by Crippen LogP contribution is 2.08. The molecule has 76 valence electrons. The van der Waals surface area contributed by atoms with Crippen LogP contribution in [0.1, 0.15) is 20.8 Å². The summed E-state index contributed by atoms with van der Waals surface area (Å²) in [5, 5.41) is 15.7. The van der Waals surface area contributed by atoms with E-state index in [-0.39, 0.29) is 0 Å². The number of nitrogens with zero attached hydrogens (tertiary/aromatic N) is 1. The first kappa shape index (κ1) is 12.7. The summed E-state index contributed by atoms with van der Waals surface area (Å²) in [6.45, 7) is 9.45. The molecule has 0 aromatic carbocycles. The number of nitrogens with one attached hydrogen (secondary N) is 1. The zero-order chi connectivity index (χ0) is 11.0. The Morgan fingerprint density at radius 2 is 2.21 bits per heavy atom. The number of rotatable bonds is 2. The van der Waals surface area contributed by atoms with Gasteiger partial charge >= 0.3 is 7.05 Å². The summed E-state index contributed by atoms with van der Waals surface area (Å²) in [6.07, 6.45) is 6.93. The minimum Gasteiger partial charge on any atom is -0.428 e. The highest BCUT2D eigenvalue weighted by molar-refractivity contribution is 6.58. The van der Waals surface area contributed by atoms with Gasteiger partial charge in [-0.3, -0.25) is 0 Å². The molecule has 2 N–H and O–H groups in total. The van der Waals surface area contributed by atoms with Crippen LogP contribution in [0.2, 0.25) is 0 Å². The first-order chi connectivity index (χ1) is 6.75. The number of hydrogen-bond donors (Lipinski definition) is 2. The van der Waals surface area contributed by atoms with Gasteiger partial charge in [0.15, 0.2) is 0 Å². The molecule has 0 aliphatic carbocycles. The molecule has 0 fully saturated rings. The number of allylic oxidation sites excluding steroid dienone is 5. The van der Waals surface area contributed by atoms with E-state index in [1.54, 1.807) is 18.4 Å². The van der Waals surface area contributed by atoms with Crippen LogP contribution in [0.25, 0.3) is 0 Å². The fourth-order valence-electron chi connectivity index (χ4n) is 0.959. The fourth-order valence-corrected chi connectivity index (χ4v) is 0.959. The summed E-state index contributed by atoms with van der Waals surface area (Å²) in [4.78, 5) is 0. The van der Waals surface area contributed by atoms with Crippen molar-refractivity contribution >= 4 is 13.3 Å². The standard InChI is InChI=1S/C8H11BN2O.C2H6/c1-3-4-5-8-7(2)6-10-11-9(8)12;1-2/h3-6,11-12H,1H2,2H3;1-2H3/b5-4-;. The first-order valence-electron chi connectivity index (χ1n) is 4.72. The second kappa shape index (κ2) is 7.15. The van der Waals surface area contributed by atoms with Crippen molar-refractivity contribution in [3.8, 4) is 0 Å². The molecule has 0 aromatic rings. The Morgan fingerprint density at radius 1 is 1.57 bits per heavy atom. The van der Waals surface area contributed by atoms with Crippen LogP contribution in [0.15, 0.2) is 41.0 Å². The Hall–Kier alpha value is -1.29. The van der Waals surface area contributed by atoms with Crippen LogP contribution in [0.5, 0.6) is 0 Å². The monoisotopic (exact) mass is 192 g/mol. The fraction of sp³-hybridized carbons (Fsp3) is 0.300. The van der Waals surface area contributed by atoms with E-state index in [9.17, 15) is 5.02 Å². The highest BCUT2D eigenvalue weighted by atomic mass is 16.2. The summed E-state index contributed by atoms with van der Waals surface area (Å²) < 4.78 is 0. The third-order valence-corrected chi connectivity index (χ3v) is 1.62. The zero-order valence-electron chi connectivity index (χ0n) is 8.99. The molecule has 4 heteroatoms. The molecule has 1 heterocycles. The maximum atomic E-state index is 9.40. The average molecular weight is 192 g/mol. The van der Waals surface area contributed by atoms with Crippen LogP contribution in [-0.4, -0.2) is 18.3 Å². The Balaban J connectivity index is 0.000000791. The van der Waals surface area contributed by atoms with Crippen molar-refractivity contribution in [2.45, 2.75) is 20.8 Å². The van der Waals surface area contributed by atoms with Crippen molar-refractivity contribution in [2.24, 2.45) is 5.10 Å².